The molecular weight excluding hydrogens is 480 g/mol. The molecule has 0 aliphatic carbocycles. The van der Waals surface area contributed by atoms with Crippen molar-refractivity contribution in [3.05, 3.63) is 102 Å². The number of aromatic nitrogens is 3. The van der Waals surface area contributed by atoms with E-state index in [4.69, 9.17) is 16.3 Å². The highest BCUT2D eigenvalue weighted by Crippen LogP contribution is 2.37. The van der Waals surface area contributed by atoms with Gasteiger partial charge >= 0.3 is 0 Å². The number of carbonyl (C=O) groups excluding carboxylic acids is 1. The van der Waals surface area contributed by atoms with E-state index < -0.39 is 5.25 Å². The lowest BCUT2D eigenvalue weighted by Crippen LogP contribution is -2.19. The molecule has 1 unspecified atom stereocenters. The van der Waals surface area contributed by atoms with Gasteiger partial charge in [-0.05, 0) is 36.8 Å². The van der Waals surface area contributed by atoms with Gasteiger partial charge in [0.1, 0.15) is 11.0 Å². The van der Waals surface area contributed by atoms with Crippen molar-refractivity contribution < 1.29 is 9.53 Å². The normalized spacial score (nSPS) is 11.6. The predicted molar refractivity (Wildman–Crippen MR) is 142 cm³/mol. The molecule has 1 N–H and O–H groups in total. The molecule has 0 fully saturated rings. The SMILES string of the molecule is C=CCn1c(SC(C(=O)Nc2ccc(OC)c(Cl)c2)c2ccccc2)nnc1-c1cccc(C)c1. The number of nitrogens with zero attached hydrogens (tertiary/aromatic N) is 3. The van der Waals surface area contributed by atoms with Crippen LogP contribution < -0.4 is 10.1 Å². The second-order valence-electron chi connectivity index (χ2n) is 7.82. The summed E-state index contributed by atoms with van der Waals surface area (Å²) in [6.07, 6.45) is 1.80. The summed E-state index contributed by atoms with van der Waals surface area (Å²) in [5.41, 5.74) is 3.51. The van der Waals surface area contributed by atoms with Gasteiger partial charge < -0.3 is 10.1 Å². The van der Waals surface area contributed by atoms with E-state index >= 15 is 0 Å². The number of amides is 1. The highest BCUT2D eigenvalue weighted by molar-refractivity contribution is 8.00. The zero-order chi connectivity index (χ0) is 24.8. The summed E-state index contributed by atoms with van der Waals surface area (Å²) in [5, 5.41) is 12.3. The predicted octanol–water partition coefficient (Wildman–Crippen LogP) is 6.57. The van der Waals surface area contributed by atoms with Crippen LogP contribution in [0.1, 0.15) is 16.4 Å². The summed E-state index contributed by atoms with van der Waals surface area (Å²) in [6.45, 7) is 6.44. The summed E-state index contributed by atoms with van der Waals surface area (Å²) in [5.74, 6) is 1.07. The van der Waals surface area contributed by atoms with E-state index in [1.165, 1.54) is 11.8 Å². The molecule has 4 aromatic rings. The molecule has 1 amide bonds. The quantitative estimate of drug-likeness (QED) is 0.206. The Hall–Kier alpha value is -3.55. The number of hydrogen-bond acceptors (Lipinski definition) is 5. The first-order valence-corrected chi connectivity index (χ1v) is 12.2. The fourth-order valence-corrected chi connectivity index (χ4v) is 4.93. The molecule has 0 radical (unpaired) electrons. The van der Waals surface area contributed by atoms with Crippen LogP contribution in [0.2, 0.25) is 5.02 Å². The van der Waals surface area contributed by atoms with E-state index in [0.717, 1.165) is 22.5 Å². The van der Waals surface area contributed by atoms with Crippen LogP contribution >= 0.6 is 23.4 Å². The number of methoxy groups -OCH3 is 1. The van der Waals surface area contributed by atoms with E-state index in [-0.39, 0.29) is 5.91 Å². The van der Waals surface area contributed by atoms with Gasteiger partial charge in [-0.1, -0.05) is 83.5 Å². The van der Waals surface area contributed by atoms with Crippen LogP contribution in [0, 0.1) is 6.92 Å². The zero-order valence-corrected chi connectivity index (χ0v) is 21.0. The molecule has 3 aromatic carbocycles. The lowest BCUT2D eigenvalue weighted by molar-refractivity contribution is -0.115. The maximum atomic E-state index is 13.5. The molecule has 0 bridgehead atoms. The first-order valence-electron chi connectivity index (χ1n) is 11.0. The maximum Gasteiger partial charge on any atom is 0.242 e. The lowest BCUT2D eigenvalue weighted by atomic mass is 10.1. The van der Waals surface area contributed by atoms with Crippen LogP contribution in [0.15, 0.2) is 90.6 Å². The minimum absolute atomic E-state index is 0.201. The van der Waals surface area contributed by atoms with Crippen molar-refractivity contribution >= 4 is 35.0 Å². The largest absolute Gasteiger partial charge is 0.495 e. The van der Waals surface area contributed by atoms with Gasteiger partial charge in [0.05, 0.1) is 12.1 Å². The number of hydrogen-bond donors (Lipinski definition) is 1. The molecule has 4 rings (SSSR count). The van der Waals surface area contributed by atoms with Crippen molar-refractivity contribution in [1.29, 1.82) is 0 Å². The summed E-state index contributed by atoms with van der Waals surface area (Å²) in [6, 6.07) is 22.8. The fourth-order valence-electron chi connectivity index (χ4n) is 3.63. The maximum absolute atomic E-state index is 13.5. The Morgan fingerprint density at radius 2 is 1.94 bits per heavy atom. The molecule has 1 atom stereocenters. The molecule has 1 heterocycles. The van der Waals surface area contributed by atoms with Gasteiger partial charge in [0.15, 0.2) is 11.0 Å². The average Bonchev–Trinajstić information content (AvgIpc) is 3.25. The number of carbonyl (C=O) groups is 1. The van der Waals surface area contributed by atoms with E-state index in [0.29, 0.717) is 28.2 Å². The number of allylic oxidation sites excluding steroid dienone is 1. The second-order valence-corrected chi connectivity index (χ2v) is 9.30. The molecule has 35 heavy (non-hydrogen) atoms. The monoisotopic (exact) mass is 504 g/mol. The minimum atomic E-state index is -0.574. The first kappa shape index (κ1) is 24.6. The molecule has 0 aliphatic heterocycles. The van der Waals surface area contributed by atoms with Gasteiger partial charge in [-0.15, -0.1) is 16.8 Å². The Kier molecular flexibility index (Phi) is 7.90. The minimum Gasteiger partial charge on any atom is -0.495 e. The van der Waals surface area contributed by atoms with Crippen LogP contribution in [-0.2, 0) is 11.3 Å². The standard InChI is InChI=1S/C27H25ClN4O2S/c1-4-15-32-25(20-12-8-9-18(2)16-20)30-31-27(32)35-24(19-10-6-5-7-11-19)26(33)29-21-13-14-23(34-3)22(28)17-21/h4-14,16-17,24H,1,15H2,2-3H3,(H,29,33). The van der Waals surface area contributed by atoms with Gasteiger partial charge in [-0.3, -0.25) is 9.36 Å². The smallest absolute Gasteiger partial charge is 0.242 e. The summed E-state index contributed by atoms with van der Waals surface area (Å²) in [4.78, 5) is 13.5. The number of thioether (sulfide) groups is 1. The van der Waals surface area contributed by atoms with E-state index in [9.17, 15) is 4.79 Å². The molecule has 8 heteroatoms. The van der Waals surface area contributed by atoms with Crippen LogP contribution in [0.25, 0.3) is 11.4 Å². The van der Waals surface area contributed by atoms with Crippen LogP contribution in [0.5, 0.6) is 5.75 Å². The van der Waals surface area contributed by atoms with Gasteiger partial charge in [0.2, 0.25) is 5.91 Å². The Morgan fingerprint density at radius 3 is 2.63 bits per heavy atom. The van der Waals surface area contributed by atoms with Crippen molar-refractivity contribution in [2.45, 2.75) is 23.9 Å². The number of benzene rings is 3. The number of halogens is 1. The summed E-state index contributed by atoms with van der Waals surface area (Å²) in [7, 11) is 1.55. The second kappa shape index (κ2) is 11.3. The number of aryl methyl sites for hydroxylation is 1. The average molecular weight is 505 g/mol. The highest BCUT2D eigenvalue weighted by atomic mass is 35.5. The fraction of sp³-hybridized carbons (Fsp3) is 0.148. The van der Waals surface area contributed by atoms with Gasteiger partial charge in [0.25, 0.3) is 0 Å². The zero-order valence-electron chi connectivity index (χ0n) is 19.4. The molecule has 0 aliphatic rings. The van der Waals surface area contributed by atoms with Gasteiger partial charge in [-0.25, -0.2) is 0 Å². The number of ether oxygens (including phenoxy) is 1. The van der Waals surface area contributed by atoms with Crippen LogP contribution in [0.3, 0.4) is 0 Å². The first-order chi connectivity index (χ1) is 17.0. The van der Waals surface area contributed by atoms with E-state index in [1.54, 1.807) is 31.4 Å². The number of nitrogens with one attached hydrogen (secondary N) is 1. The van der Waals surface area contributed by atoms with Crippen molar-refractivity contribution in [3.8, 4) is 17.1 Å². The highest BCUT2D eigenvalue weighted by Gasteiger charge is 2.26. The molecular formula is C27H25ClN4O2S. The van der Waals surface area contributed by atoms with Gasteiger partial charge in [-0.2, -0.15) is 0 Å². The summed E-state index contributed by atoms with van der Waals surface area (Å²) < 4.78 is 7.18. The Morgan fingerprint density at radius 1 is 1.14 bits per heavy atom. The molecule has 0 spiro atoms. The van der Waals surface area contributed by atoms with Gasteiger partial charge in [0, 0.05) is 17.8 Å². The number of rotatable bonds is 9. The van der Waals surface area contributed by atoms with Crippen molar-refractivity contribution in [3.63, 3.8) is 0 Å². The molecule has 6 nitrogen and oxygen atoms in total. The Labute approximate surface area is 214 Å². The molecule has 178 valence electrons. The van der Waals surface area contributed by atoms with Crippen LogP contribution in [-0.4, -0.2) is 27.8 Å². The third-order valence-electron chi connectivity index (χ3n) is 5.29. The van der Waals surface area contributed by atoms with Crippen molar-refractivity contribution in [1.82, 2.24) is 14.8 Å². The van der Waals surface area contributed by atoms with Crippen molar-refractivity contribution in [2.75, 3.05) is 12.4 Å². The summed E-state index contributed by atoms with van der Waals surface area (Å²) >= 11 is 7.59. The third kappa shape index (κ3) is 5.75. The number of anilines is 1. The van der Waals surface area contributed by atoms with Crippen molar-refractivity contribution in [2.24, 2.45) is 0 Å². The molecule has 1 aromatic heterocycles. The van der Waals surface area contributed by atoms with E-state index in [1.807, 2.05) is 60.0 Å². The molecule has 0 saturated heterocycles. The lowest BCUT2D eigenvalue weighted by Gasteiger charge is -2.18. The Balaban J connectivity index is 1.67. The van der Waals surface area contributed by atoms with Crippen LogP contribution in [0.4, 0.5) is 5.69 Å². The Bertz CT molecular complexity index is 1340. The third-order valence-corrected chi connectivity index (χ3v) is 6.82. The van der Waals surface area contributed by atoms with E-state index in [2.05, 4.69) is 28.2 Å². The topological polar surface area (TPSA) is 69.0 Å². The molecule has 0 saturated carbocycles.